The van der Waals surface area contributed by atoms with Crippen LogP contribution in [-0.4, -0.2) is 11.6 Å². The maximum absolute atomic E-state index is 6.08. The molecule has 0 aliphatic carbocycles. The first-order valence-corrected chi connectivity index (χ1v) is 7.47. The third-order valence-corrected chi connectivity index (χ3v) is 4.34. The van der Waals surface area contributed by atoms with Gasteiger partial charge in [0.15, 0.2) is 0 Å². The Morgan fingerprint density at radius 3 is 2.68 bits per heavy atom. The van der Waals surface area contributed by atoms with Crippen molar-refractivity contribution in [2.45, 2.75) is 65.1 Å². The van der Waals surface area contributed by atoms with Gasteiger partial charge in [-0.15, -0.1) is 0 Å². The van der Waals surface area contributed by atoms with Gasteiger partial charge in [-0.1, -0.05) is 38.5 Å². The van der Waals surface area contributed by atoms with Crippen LogP contribution in [0.25, 0.3) is 0 Å². The van der Waals surface area contributed by atoms with E-state index in [2.05, 4.69) is 64.2 Å². The van der Waals surface area contributed by atoms with E-state index < -0.39 is 0 Å². The van der Waals surface area contributed by atoms with Crippen molar-refractivity contribution < 1.29 is 4.74 Å². The predicted octanol–water partition coefficient (Wildman–Crippen LogP) is 4.31. The van der Waals surface area contributed by atoms with Crippen LogP contribution in [0.2, 0.25) is 0 Å². The molecule has 1 heterocycles. The van der Waals surface area contributed by atoms with Gasteiger partial charge in [0.1, 0.15) is 11.4 Å². The molecule has 1 aromatic rings. The van der Waals surface area contributed by atoms with Gasteiger partial charge in [0.05, 0.1) is 0 Å². The topological polar surface area (TPSA) is 21.3 Å². The molecule has 0 aromatic heterocycles. The molecule has 1 aliphatic heterocycles. The van der Waals surface area contributed by atoms with E-state index >= 15 is 0 Å². The summed E-state index contributed by atoms with van der Waals surface area (Å²) in [5.74, 6) is 1.73. The summed E-state index contributed by atoms with van der Waals surface area (Å²) in [5.41, 5.74) is 1.21. The van der Waals surface area contributed by atoms with Gasteiger partial charge in [-0.05, 0) is 32.8 Å². The second-order valence-corrected chi connectivity index (χ2v) is 6.50. The van der Waals surface area contributed by atoms with E-state index in [0.29, 0.717) is 18.0 Å². The molecule has 2 nitrogen and oxygen atoms in total. The van der Waals surface area contributed by atoms with Crippen LogP contribution in [0.15, 0.2) is 24.3 Å². The number of benzene rings is 1. The molecule has 1 N–H and O–H groups in total. The van der Waals surface area contributed by atoms with E-state index in [0.717, 1.165) is 12.2 Å². The molecular formula is C17H27NO. The SMILES string of the molecule is CCC(C)C(C)NC1CC(C)(C)Oc2ccccc21. The molecule has 106 valence electrons. The summed E-state index contributed by atoms with van der Waals surface area (Å²) < 4.78 is 6.08. The van der Waals surface area contributed by atoms with Crippen molar-refractivity contribution in [2.75, 3.05) is 0 Å². The molecule has 0 fully saturated rings. The van der Waals surface area contributed by atoms with Gasteiger partial charge in [0.2, 0.25) is 0 Å². The van der Waals surface area contributed by atoms with E-state index in [1.54, 1.807) is 0 Å². The van der Waals surface area contributed by atoms with E-state index in [4.69, 9.17) is 4.74 Å². The molecular weight excluding hydrogens is 234 g/mol. The largest absolute Gasteiger partial charge is 0.487 e. The van der Waals surface area contributed by atoms with Crippen LogP contribution >= 0.6 is 0 Å². The standard InChI is InChI=1S/C17H27NO/c1-6-12(2)13(3)18-15-11-17(4,5)19-16-10-8-7-9-14(15)16/h7-10,12-13,15,18H,6,11H2,1-5H3. The average Bonchev–Trinajstić information content (AvgIpc) is 2.36. The van der Waals surface area contributed by atoms with Gasteiger partial charge in [0, 0.05) is 24.1 Å². The van der Waals surface area contributed by atoms with Gasteiger partial charge in [0.25, 0.3) is 0 Å². The molecule has 1 aliphatic rings. The van der Waals surface area contributed by atoms with E-state index in [9.17, 15) is 0 Å². The maximum Gasteiger partial charge on any atom is 0.124 e. The zero-order chi connectivity index (χ0) is 14.0. The summed E-state index contributed by atoms with van der Waals surface area (Å²) in [7, 11) is 0. The molecule has 3 atom stereocenters. The van der Waals surface area contributed by atoms with Crippen LogP contribution in [-0.2, 0) is 0 Å². The third-order valence-electron chi connectivity index (χ3n) is 4.34. The zero-order valence-corrected chi connectivity index (χ0v) is 12.9. The number of hydrogen-bond acceptors (Lipinski definition) is 2. The fourth-order valence-electron chi connectivity index (χ4n) is 2.79. The van der Waals surface area contributed by atoms with Gasteiger partial charge in [-0.2, -0.15) is 0 Å². The highest BCUT2D eigenvalue weighted by Crippen LogP contribution is 2.39. The lowest BCUT2D eigenvalue weighted by molar-refractivity contribution is 0.0624. The third kappa shape index (κ3) is 3.30. The molecule has 0 saturated carbocycles. The molecule has 2 rings (SSSR count). The summed E-state index contributed by atoms with van der Waals surface area (Å²) >= 11 is 0. The number of nitrogens with one attached hydrogen (secondary N) is 1. The highest BCUT2D eigenvalue weighted by atomic mass is 16.5. The zero-order valence-electron chi connectivity index (χ0n) is 12.9. The monoisotopic (exact) mass is 261 g/mol. The van der Waals surface area contributed by atoms with E-state index in [1.807, 2.05) is 0 Å². The van der Waals surface area contributed by atoms with Crippen molar-refractivity contribution in [1.29, 1.82) is 0 Å². The van der Waals surface area contributed by atoms with Gasteiger partial charge >= 0.3 is 0 Å². The molecule has 0 spiro atoms. The van der Waals surface area contributed by atoms with Gasteiger partial charge in [-0.3, -0.25) is 0 Å². The number of hydrogen-bond donors (Lipinski definition) is 1. The maximum atomic E-state index is 6.08. The molecule has 19 heavy (non-hydrogen) atoms. The normalized spacial score (nSPS) is 24.2. The van der Waals surface area contributed by atoms with Crippen molar-refractivity contribution in [3.05, 3.63) is 29.8 Å². The Hall–Kier alpha value is -1.02. The fraction of sp³-hybridized carbons (Fsp3) is 0.647. The summed E-state index contributed by atoms with van der Waals surface area (Å²) in [6.07, 6.45) is 2.23. The molecule has 0 amide bonds. The lowest BCUT2D eigenvalue weighted by Crippen LogP contribution is -2.43. The van der Waals surface area contributed by atoms with Crippen LogP contribution in [0, 0.1) is 5.92 Å². The van der Waals surface area contributed by atoms with E-state index in [-0.39, 0.29) is 5.60 Å². The summed E-state index contributed by atoms with van der Waals surface area (Å²) in [4.78, 5) is 0. The van der Waals surface area contributed by atoms with Crippen LogP contribution in [0.5, 0.6) is 5.75 Å². The van der Waals surface area contributed by atoms with Crippen LogP contribution in [0.3, 0.4) is 0 Å². The Labute approximate surface area is 117 Å². The summed E-state index contributed by atoms with van der Waals surface area (Å²) in [6.45, 7) is 11.2. The van der Waals surface area contributed by atoms with Gasteiger partial charge < -0.3 is 10.1 Å². The fourth-order valence-corrected chi connectivity index (χ4v) is 2.79. The summed E-state index contributed by atoms with van der Waals surface area (Å²) in [5, 5.41) is 3.80. The van der Waals surface area contributed by atoms with Crippen LogP contribution < -0.4 is 10.1 Å². The Bertz CT molecular complexity index is 427. The molecule has 1 aromatic carbocycles. The Morgan fingerprint density at radius 1 is 1.32 bits per heavy atom. The predicted molar refractivity (Wildman–Crippen MR) is 80.6 cm³/mol. The average molecular weight is 261 g/mol. The van der Waals surface area contributed by atoms with Crippen molar-refractivity contribution in [1.82, 2.24) is 5.32 Å². The number of ether oxygens (including phenoxy) is 1. The number of fused-ring (bicyclic) bond motifs is 1. The van der Waals surface area contributed by atoms with Crippen molar-refractivity contribution in [3.63, 3.8) is 0 Å². The Balaban J connectivity index is 2.20. The Morgan fingerprint density at radius 2 is 2.00 bits per heavy atom. The first kappa shape index (κ1) is 14.4. The molecule has 2 heteroatoms. The first-order chi connectivity index (χ1) is 8.93. The minimum atomic E-state index is -0.0960. The second-order valence-electron chi connectivity index (χ2n) is 6.50. The first-order valence-electron chi connectivity index (χ1n) is 7.47. The van der Waals surface area contributed by atoms with Crippen LogP contribution in [0.4, 0.5) is 0 Å². The van der Waals surface area contributed by atoms with Crippen molar-refractivity contribution >= 4 is 0 Å². The number of rotatable bonds is 4. The molecule has 0 bridgehead atoms. The summed E-state index contributed by atoms with van der Waals surface area (Å²) in [6, 6.07) is 9.34. The Kier molecular flexibility index (Phi) is 4.19. The van der Waals surface area contributed by atoms with Crippen LogP contribution in [0.1, 0.15) is 59.1 Å². The minimum Gasteiger partial charge on any atom is -0.487 e. The van der Waals surface area contributed by atoms with Crippen molar-refractivity contribution in [3.8, 4) is 5.75 Å². The lowest BCUT2D eigenvalue weighted by Gasteiger charge is -2.39. The minimum absolute atomic E-state index is 0.0960. The molecule has 0 saturated heterocycles. The smallest absolute Gasteiger partial charge is 0.124 e. The highest BCUT2D eigenvalue weighted by Gasteiger charge is 2.34. The van der Waals surface area contributed by atoms with Gasteiger partial charge in [-0.25, -0.2) is 0 Å². The van der Waals surface area contributed by atoms with Crippen molar-refractivity contribution in [2.24, 2.45) is 5.92 Å². The highest BCUT2D eigenvalue weighted by molar-refractivity contribution is 5.38. The second kappa shape index (κ2) is 5.54. The molecule has 3 unspecified atom stereocenters. The lowest BCUT2D eigenvalue weighted by atomic mass is 9.88. The number of para-hydroxylation sites is 1. The molecule has 0 radical (unpaired) electrons. The van der Waals surface area contributed by atoms with E-state index in [1.165, 1.54) is 12.0 Å². The quantitative estimate of drug-likeness (QED) is 0.872.